The maximum absolute atomic E-state index is 12.3. The summed E-state index contributed by atoms with van der Waals surface area (Å²) in [6.45, 7) is 0. The minimum absolute atomic E-state index is 0.0109. The van der Waals surface area contributed by atoms with Crippen LogP contribution in [0.4, 0.5) is 0 Å². The predicted octanol–water partition coefficient (Wildman–Crippen LogP) is 2.02. The van der Waals surface area contributed by atoms with Gasteiger partial charge in [0.05, 0.1) is 17.6 Å². The minimum Gasteiger partial charge on any atom is -0.507 e. The summed E-state index contributed by atoms with van der Waals surface area (Å²) in [7, 11) is 1.23. The van der Waals surface area contributed by atoms with Gasteiger partial charge in [0.2, 0.25) is 5.78 Å². The fourth-order valence-electron chi connectivity index (χ4n) is 2.16. The molecule has 2 aromatic rings. The van der Waals surface area contributed by atoms with Crippen molar-refractivity contribution in [3.8, 4) is 5.75 Å². The van der Waals surface area contributed by atoms with E-state index in [-0.39, 0.29) is 38.0 Å². The fourth-order valence-corrected chi connectivity index (χ4v) is 3.18. The van der Waals surface area contributed by atoms with Crippen molar-refractivity contribution in [2.45, 2.75) is 0 Å². The zero-order valence-corrected chi connectivity index (χ0v) is 11.1. The second-order valence-electron chi connectivity index (χ2n) is 4.20. The van der Waals surface area contributed by atoms with E-state index in [0.717, 1.165) is 11.3 Å². The van der Waals surface area contributed by atoms with Crippen LogP contribution in [0.3, 0.4) is 0 Å². The van der Waals surface area contributed by atoms with E-state index in [4.69, 9.17) is 0 Å². The first-order chi connectivity index (χ1) is 9.54. The molecule has 1 heterocycles. The number of phenolic OH excluding ortho intramolecular Hbond substituents is 1. The van der Waals surface area contributed by atoms with Crippen LogP contribution in [0.15, 0.2) is 24.3 Å². The Morgan fingerprint density at radius 3 is 2.65 bits per heavy atom. The highest BCUT2D eigenvalue weighted by atomic mass is 32.1. The van der Waals surface area contributed by atoms with Gasteiger partial charge in [0.1, 0.15) is 10.6 Å². The number of ketones is 2. The van der Waals surface area contributed by atoms with Crippen LogP contribution < -0.4 is 0 Å². The first-order valence-corrected chi connectivity index (χ1v) is 6.49. The van der Waals surface area contributed by atoms with Gasteiger partial charge in [-0.25, -0.2) is 4.79 Å². The lowest BCUT2D eigenvalue weighted by molar-refractivity contribution is 0.0606. The van der Waals surface area contributed by atoms with Crippen molar-refractivity contribution in [1.29, 1.82) is 0 Å². The maximum Gasteiger partial charge on any atom is 0.348 e. The van der Waals surface area contributed by atoms with Gasteiger partial charge in [-0.2, -0.15) is 0 Å². The number of carbonyl (C=O) groups excluding carboxylic acids is 3. The van der Waals surface area contributed by atoms with Crippen molar-refractivity contribution in [3.63, 3.8) is 0 Å². The van der Waals surface area contributed by atoms with E-state index in [2.05, 4.69) is 4.74 Å². The third kappa shape index (κ3) is 1.58. The molecule has 5 nitrogen and oxygen atoms in total. The van der Waals surface area contributed by atoms with Crippen molar-refractivity contribution in [3.05, 3.63) is 50.7 Å². The molecule has 1 aliphatic rings. The Kier molecular flexibility index (Phi) is 2.69. The lowest BCUT2D eigenvalue weighted by atomic mass is 9.88. The minimum atomic E-state index is -0.599. The second-order valence-corrected chi connectivity index (χ2v) is 5.26. The molecule has 0 unspecified atom stereocenters. The Balaban J connectivity index is 2.24. The molecule has 1 aliphatic carbocycles. The van der Waals surface area contributed by atoms with Gasteiger partial charge in [-0.1, -0.05) is 12.1 Å². The Bertz CT molecular complexity index is 772. The van der Waals surface area contributed by atoms with Gasteiger partial charge in [-0.3, -0.25) is 9.59 Å². The third-order valence-electron chi connectivity index (χ3n) is 3.08. The fraction of sp³-hybridized carbons (Fsp3) is 0.0714. The molecule has 1 N–H and O–H groups in total. The van der Waals surface area contributed by atoms with Gasteiger partial charge >= 0.3 is 5.97 Å². The highest BCUT2D eigenvalue weighted by Crippen LogP contribution is 2.36. The molecule has 6 heteroatoms. The molecule has 0 spiro atoms. The van der Waals surface area contributed by atoms with E-state index < -0.39 is 11.8 Å². The molecule has 0 saturated heterocycles. The average Bonchev–Trinajstić information content (AvgIpc) is 2.89. The number of carbonyl (C=O) groups is 3. The van der Waals surface area contributed by atoms with Crippen molar-refractivity contribution < 1.29 is 24.2 Å². The average molecular weight is 288 g/mol. The number of rotatable bonds is 1. The van der Waals surface area contributed by atoms with Crippen LogP contribution in [0.25, 0.3) is 0 Å². The van der Waals surface area contributed by atoms with Gasteiger partial charge in [0.25, 0.3) is 0 Å². The maximum atomic E-state index is 12.3. The van der Waals surface area contributed by atoms with Gasteiger partial charge in [-0.15, -0.1) is 11.3 Å². The van der Waals surface area contributed by atoms with E-state index in [1.165, 1.54) is 31.4 Å². The van der Waals surface area contributed by atoms with E-state index in [9.17, 15) is 19.5 Å². The molecule has 0 bridgehead atoms. The first-order valence-electron chi connectivity index (χ1n) is 5.68. The summed E-state index contributed by atoms with van der Waals surface area (Å²) < 4.78 is 4.58. The molecule has 100 valence electrons. The summed E-state index contributed by atoms with van der Waals surface area (Å²) in [6.07, 6.45) is 0. The number of aromatic hydroxyl groups is 1. The number of phenols is 1. The molecule has 20 heavy (non-hydrogen) atoms. The Hall–Kier alpha value is -2.47. The Morgan fingerprint density at radius 2 is 1.95 bits per heavy atom. The lowest BCUT2D eigenvalue weighted by Crippen LogP contribution is -2.18. The largest absolute Gasteiger partial charge is 0.507 e. The topological polar surface area (TPSA) is 80.7 Å². The van der Waals surface area contributed by atoms with Crippen LogP contribution in [0, 0.1) is 0 Å². The number of ether oxygens (including phenoxy) is 1. The molecule has 0 radical (unpaired) electrons. The normalized spacial score (nSPS) is 12.8. The summed E-state index contributed by atoms with van der Waals surface area (Å²) >= 11 is 0.896. The standard InChI is InChI=1S/C14H8O5S/c1-19-14(18)9-5-7-11(16)6-3-2-4-8(15)10(6)12(17)13(7)20-9/h2-5,15H,1H3. The molecule has 0 saturated carbocycles. The monoisotopic (exact) mass is 288 g/mol. The number of benzene rings is 1. The number of esters is 1. The van der Waals surface area contributed by atoms with E-state index in [1.807, 2.05) is 0 Å². The van der Waals surface area contributed by atoms with Crippen molar-refractivity contribution in [2.75, 3.05) is 7.11 Å². The van der Waals surface area contributed by atoms with Gasteiger partial charge in [0, 0.05) is 11.1 Å². The zero-order valence-electron chi connectivity index (χ0n) is 10.3. The molecule has 0 atom stereocenters. The van der Waals surface area contributed by atoms with Gasteiger partial charge in [-0.05, 0) is 12.1 Å². The molecule has 0 aliphatic heterocycles. The van der Waals surface area contributed by atoms with Crippen LogP contribution in [-0.2, 0) is 4.74 Å². The third-order valence-corrected chi connectivity index (χ3v) is 4.20. The summed E-state index contributed by atoms with van der Waals surface area (Å²) in [5.74, 6) is -1.66. The van der Waals surface area contributed by atoms with Crippen LogP contribution >= 0.6 is 11.3 Å². The number of hydrogen-bond donors (Lipinski definition) is 1. The Labute approximate surface area is 117 Å². The van der Waals surface area contributed by atoms with Gasteiger partial charge in [0.15, 0.2) is 5.78 Å². The summed E-state index contributed by atoms with van der Waals surface area (Å²) in [6, 6.07) is 5.69. The van der Waals surface area contributed by atoms with E-state index >= 15 is 0 Å². The molecular weight excluding hydrogens is 280 g/mol. The predicted molar refractivity (Wildman–Crippen MR) is 70.6 cm³/mol. The van der Waals surface area contributed by atoms with E-state index in [1.54, 1.807) is 0 Å². The summed E-state index contributed by atoms with van der Waals surface area (Å²) in [5, 5.41) is 9.77. The summed E-state index contributed by atoms with van der Waals surface area (Å²) in [4.78, 5) is 36.5. The van der Waals surface area contributed by atoms with Crippen LogP contribution in [0.1, 0.15) is 40.8 Å². The number of hydrogen-bond acceptors (Lipinski definition) is 6. The quantitative estimate of drug-likeness (QED) is 0.693. The molecular formula is C14H8O5S. The van der Waals surface area contributed by atoms with Crippen LogP contribution in [0.2, 0.25) is 0 Å². The van der Waals surface area contributed by atoms with Crippen LogP contribution in [-0.4, -0.2) is 29.8 Å². The number of methoxy groups -OCH3 is 1. The molecule has 0 amide bonds. The van der Waals surface area contributed by atoms with Crippen molar-refractivity contribution in [1.82, 2.24) is 0 Å². The second kappa shape index (κ2) is 4.28. The first kappa shape index (κ1) is 12.6. The van der Waals surface area contributed by atoms with Crippen molar-refractivity contribution in [2.24, 2.45) is 0 Å². The van der Waals surface area contributed by atoms with Crippen LogP contribution in [0.5, 0.6) is 5.75 Å². The highest BCUT2D eigenvalue weighted by Gasteiger charge is 2.34. The molecule has 3 rings (SSSR count). The Morgan fingerprint density at radius 1 is 1.20 bits per heavy atom. The van der Waals surface area contributed by atoms with E-state index in [0.29, 0.717) is 0 Å². The van der Waals surface area contributed by atoms with Gasteiger partial charge < -0.3 is 9.84 Å². The summed E-state index contributed by atoms with van der Waals surface area (Å²) in [5.41, 5.74) is 0.318. The SMILES string of the molecule is COC(=O)c1cc2c(s1)C(=O)c1c(O)cccc1C2=O. The smallest absolute Gasteiger partial charge is 0.348 e. The molecule has 0 fully saturated rings. The number of thiophene rings is 1. The molecule has 1 aromatic heterocycles. The molecule has 1 aromatic carbocycles. The number of fused-ring (bicyclic) bond motifs is 2. The highest BCUT2D eigenvalue weighted by molar-refractivity contribution is 7.16. The van der Waals surface area contributed by atoms with Crippen molar-refractivity contribution >= 4 is 28.9 Å². The zero-order chi connectivity index (χ0) is 14.4. The lowest BCUT2D eigenvalue weighted by Gasteiger charge is -2.14.